The molecule has 104 valence electrons. The number of rotatable bonds is 5. The van der Waals surface area contributed by atoms with E-state index in [1.165, 1.54) is 22.4 Å². The maximum absolute atomic E-state index is 12.4. The molecule has 6 nitrogen and oxygen atoms in total. The van der Waals surface area contributed by atoms with Gasteiger partial charge >= 0.3 is 5.69 Å². The predicted octanol–water partition coefficient (Wildman–Crippen LogP) is 1.01. The quantitative estimate of drug-likeness (QED) is 0.759. The van der Waals surface area contributed by atoms with Crippen LogP contribution in [-0.2, 0) is 20.6 Å². The molecule has 0 saturated carbocycles. The van der Waals surface area contributed by atoms with E-state index in [0.717, 1.165) is 0 Å². The van der Waals surface area contributed by atoms with E-state index in [9.17, 15) is 9.59 Å². The second-order valence-electron chi connectivity index (χ2n) is 4.64. The molecule has 0 unspecified atom stereocenters. The van der Waals surface area contributed by atoms with E-state index in [0.29, 0.717) is 37.0 Å². The lowest BCUT2D eigenvalue weighted by Crippen LogP contribution is -2.39. The Balaban J connectivity index is 2.30. The summed E-state index contributed by atoms with van der Waals surface area (Å²) in [5.41, 5.74) is 0.0647. The van der Waals surface area contributed by atoms with Gasteiger partial charge in [-0.1, -0.05) is 26.1 Å². The highest BCUT2D eigenvalue weighted by molar-refractivity contribution is 5.69. The Labute approximate surface area is 114 Å². The SMILES string of the molecule is [2H]C([2H])(C)CCCCn1c(=O)c2c(ncn2C)n(C)c1=O. The van der Waals surface area contributed by atoms with E-state index in [2.05, 4.69) is 4.98 Å². The Kier molecular flexibility index (Phi) is 3.14. The van der Waals surface area contributed by atoms with Gasteiger partial charge in [0.2, 0.25) is 0 Å². The van der Waals surface area contributed by atoms with Crippen molar-refractivity contribution in [3.8, 4) is 0 Å². The van der Waals surface area contributed by atoms with Crippen LogP contribution in [0.25, 0.3) is 11.2 Å². The molecular weight excluding hydrogens is 244 g/mol. The highest BCUT2D eigenvalue weighted by atomic mass is 16.2. The van der Waals surface area contributed by atoms with Crippen LogP contribution in [0.4, 0.5) is 0 Å². The highest BCUT2D eigenvalue weighted by Gasteiger charge is 2.14. The second-order valence-corrected chi connectivity index (χ2v) is 4.64. The molecule has 2 aromatic heterocycles. The number of unbranched alkanes of at least 4 members (excludes halogenated alkanes) is 1. The maximum atomic E-state index is 12.4. The molecule has 0 spiro atoms. The minimum absolute atomic E-state index is 0.294. The van der Waals surface area contributed by atoms with E-state index in [1.54, 1.807) is 18.7 Å². The van der Waals surface area contributed by atoms with Crippen LogP contribution in [0.5, 0.6) is 0 Å². The zero-order chi connectivity index (χ0) is 15.8. The van der Waals surface area contributed by atoms with Crippen molar-refractivity contribution in [3.05, 3.63) is 27.2 Å². The van der Waals surface area contributed by atoms with E-state index >= 15 is 0 Å². The summed E-state index contributed by atoms with van der Waals surface area (Å²) in [5.74, 6) is 0. The first-order valence-corrected chi connectivity index (χ1v) is 6.33. The molecule has 6 heteroatoms. The first kappa shape index (κ1) is 11.0. The Morgan fingerprint density at radius 3 is 2.68 bits per heavy atom. The van der Waals surface area contributed by atoms with Gasteiger partial charge in [0.25, 0.3) is 5.56 Å². The van der Waals surface area contributed by atoms with Crippen molar-refractivity contribution >= 4 is 11.2 Å². The topological polar surface area (TPSA) is 61.8 Å². The van der Waals surface area contributed by atoms with Gasteiger partial charge in [-0.05, 0) is 6.42 Å². The van der Waals surface area contributed by atoms with Crippen molar-refractivity contribution in [2.24, 2.45) is 14.1 Å². The molecule has 0 aliphatic carbocycles. The van der Waals surface area contributed by atoms with Crippen LogP contribution < -0.4 is 11.2 Å². The summed E-state index contributed by atoms with van der Waals surface area (Å²) in [7, 11) is 3.31. The zero-order valence-corrected chi connectivity index (χ0v) is 11.5. The molecule has 0 amide bonds. The molecule has 2 heterocycles. The molecule has 0 aromatic carbocycles. The molecule has 0 bridgehead atoms. The van der Waals surface area contributed by atoms with E-state index in [4.69, 9.17) is 2.74 Å². The number of nitrogens with zero attached hydrogens (tertiary/aromatic N) is 4. The number of hydrogen-bond acceptors (Lipinski definition) is 3. The number of hydrogen-bond donors (Lipinski definition) is 0. The van der Waals surface area contributed by atoms with Crippen molar-refractivity contribution in [1.82, 2.24) is 18.7 Å². The monoisotopic (exact) mass is 266 g/mol. The third-order valence-corrected chi connectivity index (χ3v) is 3.26. The minimum atomic E-state index is -1.22. The number of imidazole rings is 1. The third-order valence-electron chi connectivity index (χ3n) is 3.26. The average Bonchev–Trinajstić information content (AvgIpc) is 2.76. The van der Waals surface area contributed by atoms with Gasteiger partial charge in [0.05, 0.1) is 6.33 Å². The lowest BCUT2D eigenvalue weighted by molar-refractivity contribution is 0.539. The van der Waals surface area contributed by atoms with Gasteiger partial charge in [-0.2, -0.15) is 0 Å². The summed E-state index contributed by atoms with van der Waals surface area (Å²) in [6, 6.07) is 0. The second kappa shape index (κ2) is 5.42. The van der Waals surface area contributed by atoms with Gasteiger partial charge in [-0.3, -0.25) is 13.9 Å². The van der Waals surface area contributed by atoms with Crippen LogP contribution in [0.2, 0.25) is 0 Å². The smallest absolute Gasteiger partial charge is 0.328 e. The molecule has 0 fully saturated rings. The molecule has 0 atom stereocenters. The van der Waals surface area contributed by atoms with Crippen LogP contribution >= 0.6 is 0 Å². The Morgan fingerprint density at radius 1 is 1.26 bits per heavy atom. The van der Waals surface area contributed by atoms with Crippen molar-refractivity contribution in [2.45, 2.75) is 39.1 Å². The van der Waals surface area contributed by atoms with Crippen LogP contribution in [0, 0.1) is 0 Å². The number of aryl methyl sites for hydroxylation is 2. The molecule has 2 rings (SSSR count). The molecule has 2 aromatic rings. The van der Waals surface area contributed by atoms with Crippen LogP contribution in [0.1, 0.15) is 35.3 Å². The summed E-state index contributed by atoms with van der Waals surface area (Å²) >= 11 is 0. The van der Waals surface area contributed by atoms with Gasteiger partial charge in [-0.15, -0.1) is 0 Å². The van der Waals surface area contributed by atoms with Gasteiger partial charge < -0.3 is 4.57 Å². The average molecular weight is 266 g/mol. The lowest BCUT2D eigenvalue weighted by atomic mass is 10.2. The summed E-state index contributed by atoms with van der Waals surface area (Å²) in [5, 5.41) is 0. The van der Waals surface area contributed by atoms with Gasteiger partial charge in [0.15, 0.2) is 11.2 Å². The Morgan fingerprint density at radius 2 is 2.00 bits per heavy atom. The Hall–Kier alpha value is -1.85. The van der Waals surface area contributed by atoms with E-state index in [1.807, 2.05) is 0 Å². The lowest BCUT2D eigenvalue weighted by Gasteiger charge is -2.08. The Bertz CT molecular complexity index is 767. The summed E-state index contributed by atoms with van der Waals surface area (Å²) in [4.78, 5) is 28.7. The molecule has 0 aliphatic rings. The van der Waals surface area contributed by atoms with Crippen LogP contribution in [0.3, 0.4) is 0 Å². The largest absolute Gasteiger partial charge is 0.332 e. The summed E-state index contributed by atoms with van der Waals surface area (Å²) < 4.78 is 19.1. The summed E-state index contributed by atoms with van der Waals surface area (Å²) in [6.45, 7) is 1.82. The van der Waals surface area contributed by atoms with Gasteiger partial charge in [0, 0.05) is 23.4 Å². The molecule has 0 aliphatic heterocycles. The fourth-order valence-corrected chi connectivity index (χ4v) is 2.17. The fourth-order valence-electron chi connectivity index (χ4n) is 2.17. The predicted molar refractivity (Wildman–Crippen MR) is 74.4 cm³/mol. The number of aromatic nitrogens is 4. The fraction of sp³-hybridized carbons (Fsp3) is 0.615. The van der Waals surface area contributed by atoms with E-state index < -0.39 is 6.37 Å². The van der Waals surface area contributed by atoms with Gasteiger partial charge in [-0.25, -0.2) is 9.78 Å². The molecule has 0 N–H and O–H groups in total. The zero-order valence-electron chi connectivity index (χ0n) is 13.5. The standard InChI is InChI=1S/C13H20N4O2/c1-4-5-6-7-8-17-12(18)10-11(14-9-15(10)2)16(3)13(17)19/h9H,4-8H2,1-3H3/i4D2. The van der Waals surface area contributed by atoms with Crippen LogP contribution in [-0.4, -0.2) is 18.7 Å². The van der Waals surface area contributed by atoms with Crippen molar-refractivity contribution in [1.29, 1.82) is 0 Å². The summed E-state index contributed by atoms with van der Waals surface area (Å²) in [6.07, 6.45) is 1.92. The van der Waals surface area contributed by atoms with Gasteiger partial charge in [0.1, 0.15) is 0 Å². The molecular formula is C13H20N4O2. The maximum Gasteiger partial charge on any atom is 0.332 e. The number of fused-ring (bicyclic) bond motifs is 1. The van der Waals surface area contributed by atoms with Crippen LogP contribution in [0.15, 0.2) is 15.9 Å². The molecule has 19 heavy (non-hydrogen) atoms. The molecule has 0 radical (unpaired) electrons. The highest BCUT2D eigenvalue weighted by Crippen LogP contribution is 2.04. The van der Waals surface area contributed by atoms with E-state index in [-0.39, 0.29) is 11.2 Å². The van der Waals surface area contributed by atoms with Crippen molar-refractivity contribution in [3.63, 3.8) is 0 Å². The molecule has 0 saturated heterocycles. The minimum Gasteiger partial charge on any atom is -0.328 e. The van der Waals surface area contributed by atoms with Crippen molar-refractivity contribution in [2.75, 3.05) is 0 Å². The first-order valence-electron chi connectivity index (χ1n) is 7.33. The third kappa shape index (κ3) is 2.34. The first-order chi connectivity index (χ1) is 9.72. The normalized spacial score (nSPS) is 13.6. The van der Waals surface area contributed by atoms with Crippen molar-refractivity contribution < 1.29 is 2.74 Å².